The summed E-state index contributed by atoms with van der Waals surface area (Å²) in [4.78, 5) is 33.2. The van der Waals surface area contributed by atoms with Gasteiger partial charge in [-0.05, 0) is 44.5 Å². The Labute approximate surface area is 253 Å². The molecule has 0 radical (unpaired) electrons. The van der Waals surface area contributed by atoms with Crippen molar-refractivity contribution in [2.24, 2.45) is 5.92 Å². The number of carbonyl (C=O) groups excluding carboxylic acids is 2. The van der Waals surface area contributed by atoms with Crippen molar-refractivity contribution < 1.29 is 19.1 Å². The number of anilines is 2. The number of piperidine rings is 1. The molecule has 43 heavy (non-hydrogen) atoms. The van der Waals surface area contributed by atoms with Crippen LogP contribution in [0, 0.1) is 17.8 Å². The Bertz CT molecular complexity index is 1280. The van der Waals surface area contributed by atoms with Crippen LogP contribution >= 0.6 is 0 Å². The molecule has 0 spiro atoms. The van der Waals surface area contributed by atoms with E-state index in [-0.39, 0.29) is 55.2 Å². The summed E-state index contributed by atoms with van der Waals surface area (Å²) in [6.07, 6.45) is 2.18. The first-order valence-corrected chi connectivity index (χ1v) is 15.6. The number of nitrogens with zero attached hydrogens (tertiary/aromatic N) is 5. The van der Waals surface area contributed by atoms with Crippen LogP contribution in [0.3, 0.4) is 0 Å². The maximum Gasteiger partial charge on any atom is 0.249 e. The number of hydrogen-bond donors (Lipinski definition) is 4. The first-order chi connectivity index (χ1) is 21.0. The van der Waals surface area contributed by atoms with E-state index in [4.69, 9.17) is 9.47 Å². The molecule has 13 heteroatoms. The van der Waals surface area contributed by atoms with E-state index >= 15 is 0 Å². The summed E-state index contributed by atoms with van der Waals surface area (Å²) < 4.78 is 11.7. The molecule has 5 fully saturated rings. The van der Waals surface area contributed by atoms with Crippen LogP contribution in [0.1, 0.15) is 25.7 Å². The van der Waals surface area contributed by atoms with Crippen LogP contribution in [0.2, 0.25) is 0 Å². The number of morpholine rings is 1. The second kappa shape index (κ2) is 12.1. The molecule has 2 bridgehead atoms. The van der Waals surface area contributed by atoms with Gasteiger partial charge < -0.3 is 29.5 Å². The van der Waals surface area contributed by atoms with E-state index in [1.807, 2.05) is 22.0 Å². The summed E-state index contributed by atoms with van der Waals surface area (Å²) in [6.45, 7) is 5.57. The van der Waals surface area contributed by atoms with Gasteiger partial charge in [-0.15, -0.1) is 5.92 Å². The number of fused-ring (bicyclic) bond motifs is 5. The lowest BCUT2D eigenvalue weighted by Gasteiger charge is -2.50. The molecule has 0 aliphatic carbocycles. The van der Waals surface area contributed by atoms with Gasteiger partial charge in [0, 0.05) is 51.4 Å². The third-order valence-corrected chi connectivity index (χ3v) is 9.62. The highest BCUT2D eigenvalue weighted by Crippen LogP contribution is 2.35. The Balaban J connectivity index is 1.12. The van der Waals surface area contributed by atoms with E-state index < -0.39 is 0 Å². The highest BCUT2D eigenvalue weighted by atomic mass is 16.5. The minimum absolute atomic E-state index is 0.00587. The van der Waals surface area contributed by atoms with Crippen molar-refractivity contribution in [2.75, 3.05) is 76.8 Å². The quantitative estimate of drug-likeness (QED) is 0.336. The van der Waals surface area contributed by atoms with E-state index in [0.717, 1.165) is 62.6 Å². The molecule has 232 valence electrons. The maximum atomic E-state index is 13.8. The number of benzene rings is 1. The van der Waals surface area contributed by atoms with Crippen molar-refractivity contribution in [1.82, 2.24) is 35.8 Å². The molecule has 7 rings (SSSR count). The fourth-order valence-corrected chi connectivity index (χ4v) is 7.27. The lowest BCUT2D eigenvalue weighted by atomic mass is 9.99. The van der Waals surface area contributed by atoms with Gasteiger partial charge in [0.1, 0.15) is 24.8 Å². The molecule has 4 N–H and O–H groups in total. The van der Waals surface area contributed by atoms with Crippen molar-refractivity contribution in [3.8, 4) is 17.6 Å². The summed E-state index contributed by atoms with van der Waals surface area (Å²) in [7, 11) is 3.87. The molecule has 6 unspecified atom stereocenters. The van der Waals surface area contributed by atoms with E-state index in [2.05, 4.69) is 61.0 Å². The van der Waals surface area contributed by atoms with Crippen LogP contribution in [0.15, 0.2) is 18.2 Å². The molecule has 0 saturated carbocycles. The molecule has 13 nitrogen and oxygen atoms in total. The van der Waals surface area contributed by atoms with E-state index in [1.54, 1.807) is 7.11 Å². The second-order valence-electron chi connectivity index (χ2n) is 12.3. The molecule has 6 aliphatic heterocycles. The number of ether oxygens (including phenoxy) is 2. The number of hydrogen-bond acceptors (Lipinski definition) is 11. The summed E-state index contributed by atoms with van der Waals surface area (Å²) in [5, 5.41) is 18.5. The van der Waals surface area contributed by atoms with Crippen molar-refractivity contribution in [1.29, 1.82) is 0 Å². The molecular formula is C30H43N9O4. The second-order valence-corrected chi connectivity index (χ2v) is 12.3. The zero-order valence-electron chi connectivity index (χ0n) is 25.1. The lowest BCUT2D eigenvalue weighted by molar-refractivity contribution is -0.176. The van der Waals surface area contributed by atoms with Gasteiger partial charge >= 0.3 is 0 Å². The Morgan fingerprint density at radius 1 is 1.05 bits per heavy atom. The van der Waals surface area contributed by atoms with Gasteiger partial charge in [0.25, 0.3) is 0 Å². The summed E-state index contributed by atoms with van der Waals surface area (Å²) >= 11 is 0. The van der Waals surface area contributed by atoms with Gasteiger partial charge in [0.15, 0.2) is 0 Å². The first kappa shape index (κ1) is 28.6. The highest BCUT2D eigenvalue weighted by Gasteiger charge is 2.53. The molecule has 1 aromatic carbocycles. The van der Waals surface area contributed by atoms with Crippen LogP contribution in [0.5, 0.6) is 5.75 Å². The smallest absolute Gasteiger partial charge is 0.249 e. The Hall–Kier alpha value is -3.12. The van der Waals surface area contributed by atoms with E-state index in [1.165, 1.54) is 0 Å². The third kappa shape index (κ3) is 5.52. The average molecular weight is 594 g/mol. The molecule has 6 heterocycles. The minimum Gasteiger partial charge on any atom is -0.495 e. The number of likely N-dealkylation sites (N-methyl/N-ethyl adjacent to an activating group) is 1. The fraction of sp³-hybridized carbons (Fsp3) is 0.667. The van der Waals surface area contributed by atoms with Crippen LogP contribution in [-0.4, -0.2) is 129 Å². The molecule has 0 aromatic heterocycles. The number of nitrogens with one attached hydrogen (secondary N) is 4. The predicted octanol–water partition coefficient (Wildman–Crippen LogP) is -0.603. The summed E-state index contributed by atoms with van der Waals surface area (Å²) in [5.74, 6) is 7.13. The zero-order chi connectivity index (χ0) is 29.5. The number of rotatable bonds is 4. The van der Waals surface area contributed by atoms with E-state index in [9.17, 15) is 9.59 Å². The zero-order valence-corrected chi connectivity index (χ0v) is 25.1. The molecule has 1 aromatic rings. The van der Waals surface area contributed by atoms with Crippen molar-refractivity contribution in [3.63, 3.8) is 0 Å². The predicted molar refractivity (Wildman–Crippen MR) is 160 cm³/mol. The Morgan fingerprint density at radius 2 is 1.91 bits per heavy atom. The average Bonchev–Trinajstić information content (AvgIpc) is 3.29. The third-order valence-electron chi connectivity index (χ3n) is 9.62. The van der Waals surface area contributed by atoms with Crippen LogP contribution in [0.25, 0.3) is 0 Å². The molecular weight excluding hydrogens is 550 g/mol. The summed E-state index contributed by atoms with van der Waals surface area (Å²) in [5.41, 5.74) is 2.04. The topological polar surface area (TPSA) is 117 Å². The van der Waals surface area contributed by atoms with Gasteiger partial charge in [-0.3, -0.25) is 30.5 Å². The molecule has 5 saturated heterocycles. The van der Waals surface area contributed by atoms with Crippen LogP contribution in [0.4, 0.5) is 11.4 Å². The number of carbonyl (C=O) groups is 2. The number of piperazine rings is 1. The van der Waals surface area contributed by atoms with Crippen molar-refractivity contribution in [2.45, 2.75) is 56.6 Å². The van der Waals surface area contributed by atoms with Crippen molar-refractivity contribution >= 4 is 23.2 Å². The van der Waals surface area contributed by atoms with Gasteiger partial charge in [-0.1, -0.05) is 5.92 Å². The van der Waals surface area contributed by atoms with Crippen LogP contribution in [-0.2, 0) is 14.3 Å². The minimum atomic E-state index is -0.262. The van der Waals surface area contributed by atoms with Gasteiger partial charge in [0.2, 0.25) is 11.8 Å². The Morgan fingerprint density at radius 3 is 2.74 bits per heavy atom. The molecule has 6 aliphatic rings. The number of hydrazine groups is 1. The Kier molecular flexibility index (Phi) is 8.06. The van der Waals surface area contributed by atoms with Gasteiger partial charge in [0.05, 0.1) is 43.7 Å². The van der Waals surface area contributed by atoms with E-state index in [0.29, 0.717) is 26.1 Å². The molecule has 2 amide bonds. The van der Waals surface area contributed by atoms with Crippen LogP contribution < -0.4 is 30.9 Å². The summed E-state index contributed by atoms with van der Waals surface area (Å²) in [6, 6.07) is 6.19. The normalized spacial score (nSPS) is 33.5. The standard InChI is InChI=1S/C30H43N9O4/c1-35-13-15-36(16-14-35)22-17-20(7-8-23(22)42-2)32-30-31-18-21-27(34-30)39-25-10-9-24-28(33-25)37(26(40)19-43-24)11-5-3-4-6-12-38(39)29(21)41/h7-8,17,21,24-25,27-28,30-34H,3,5,9-16,18-19H2,1-2H3. The first-order valence-electron chi connectivity index (χ1n) is 15.6. The number of amides is 2. The largest absolute Gasteiger partial charge is 0.495 e. The van der Waals surface area contributed by atoms with Gasteiger partial charge in [-0.25, -0.2) is 0 Å². The maximum absolute atomic E-state index is 13.8. The SMILES string of the molecule is COc1ccc(NC2NCC3C(=O)N4CC#CCCCN5C(=O)COC6CCC(NC65)N4C3N2)cc1N1CCN(C)CC1. The monoisotopic (exact) mass is 593 g/mol. The highest BCUT2D eigenvalue weighted by molar-refractivity contribution is 5.82. The van der Waals surface area contributed by atoms with Gasteiger partial charge in [-0.2, -0.15) is 5.01 Å². The number of methoxy groups -OCH3 is 1. The lowest BCUT2D eigenvalue weighted by Crippen LogP contribution is -2.72. The van der Waals surface area contributed by atoms with Crippen molar-refractivity contribution in [3.05, 3.63) is 18.2 Å². The fourth-order valence-electron chi connectivity index (χ4n) is 7.27. The molecule has 6 atom stereocenters.